The van der Waals surface area contributed by atoms with Gasteiger partial charge in [-0.05, 0) is 37.6 Å². The van der Waals surface area contributed by atoms with Gasteiger partial charge in [-0.15, -0.1) is 0 Å². The Balaban J connectivity index is 1.95. The minimum atomic E-state index is 0.0355. The highest BCUT2D eigenvalue weighted by Gasteiger charge is 2.25. The Labute approximate surface area is 131 Å². The maximum absolute atomic E-state index is 6.28. The number of hydrogen-bond acceptors (Lipinski definition) is 2. The van der Waals surface area contributed by atoms with E-state index in [1.54, 1.807) is 0 Å². The Morgan fingerprint density at radius 1 is 1.10 bits per heavy atom. The molecule has 1 aliphatic heterocycles. The predicted octanol–water partition coefficient (Wildman–Crippen LogP) is 4.68. The van der Waals surface area contributed by atoms with Crippen LogP contribution in [-0.2, 0) is 6.54 Å². The topological polar surface area (TPSA) is 12.5 Å². The average Bonchev–Trinajstić information content (AvgIpc) is 2.67. The van der Waals surface area contributed by atoms with Crippen molar-refractivity contribution in [3.63, 3.8) is 0 Å². The molecule has 0 radical (unpaired) electrons. The number of ether oxygens (including phenoxy) is 1. The van der Waals surface area contributed by atoms with Crippen LogP contribution in [0.25, 0.3) is 0 Å². The minimum absolute atomic E-state index is 0.0355. The quantitative estimate of drug-likeness (QED) is 0.798. The average molecular weight is 302 g/mol. The molecule has 3 heteroatoms. The van der Waals surface area contributed by atoms with Gasteiger partial charge in [0.05, 0.1) is 0 Å². The molecule has 0 spiro atoms. The van der Waals surface area contributed by atoms with E-state index in [1.807, 2.05) is 18.2 Å². The highest BCUT2D eigenvalue weighted by atomic mass is 35.5. The summed E-state index contributed by atoms with van der Waals surface area (Å²) < 4.78 is 6.28. The molecule has 2 aromatic carbocycles. The third-order valence-electron chi connectivity index (χ3n) is 3.99. The van der Waals surface area contributed by atoms with Crippen LogP contribution in [0, 0.1) is 0 Å². The van der Waals surface area contributed by atoms with Gasteiger partial charge in [0.15, 0.2) is 0 Å². The normalized spacial score (nSPS) is 19.0. The van der Waals surface area contributed by atoms with Crippen LogP contribution >= 0.6 is 11.6 Å². The molecule has 0 aliphatic carbocycles. The highest BCUT2D eigenvalue weighted by Crippen LogP contribution is 2.32. The Kier molecular flexibility index (Phi) is 4.18. The van der Waals surface area contributed by atoms with E-state index in [9.17, 15) is 0 Å². The summed E-state index contributed by atoms with van der Waals surface area (Å²) in [7, 11) is 0. The van der Waals surface area contributed by atoms with Crippen molar-refractivity contribution in [3.8, 4) is 5.75 Å². The molecule has 1 aliphatic rings. The van der Waals surface area contributed by atoms with E-state index in [-0.39, 0.29) is 6.10 Å². The minimum Gasteiger partial charge on any atom is -0.484 e. The molecule has 0 saturated carbocycles. The number of benzene rings is 2. The third kappa shape index (κ3) is 3.22. The number of fused-ring (bicyclic) bond motifs is 1. The Morgan fingerprint density at radius 2 is 1.81 bits per heavy atom. The van der Waals surface area contributed by atoms with Gasteiger partial charge < -0.3 is 4.74 Å². The predicted molar refractivity (Wildman–Crippen MR) is 86.8 cm³/mol. The lowest BCUT2D eigenvalue weighted by molar-refractivity contribution is 0.127. The summed E-state index contributed by atoms with van der Waals surface area (Å²) >= 11 is 5.99. The summed E-state index contributed by atoms with van der Waals surface area (Å²) in [6, 6.07) is 16.8. The largest absolute Gasteiger partial charge is 0.484 e. The zero-order chi connectivity index (χ0) is 14.8. The fourth-order valence-corrected chi connectivity index (χ4v) is 2.81. The summed E-state index contributed by atoms with van der Waals surface area (Å²) in [6.07, 6.45) is 0.0355. The monoisotopic (exact) mass is 301 g/mol. The van der Waals surface area contributed by atoms with Crippen molar-refractivity contribution in [1.82, 2.24) is 4.90 Å². The van der Waals surface area contributed by atoms with Crippen molar-refractivity contribution in [2.45, 2.75) is 32.5 Å². The lowest BCUT2D eigenvalue weighted by atomic mass is 10.1. The number of hydrogen-bond donors (Lipinski definition) is 0. The lowest BCUT2D eigenvalue weighted by Crippen LogP contribution is -2.33. The summed E-state index contributed by atoms with van der Waals surface area (Å²) in [5.41, 5.74) is 2.42. The Morgan fingerprint density at radius 3 is 2.52 bits per heavy atom. The van der Waals surface area contributed by atoms with Crippen molar-refractivity contribution in [3.05, 3.63) is 64.7 Å². The second kappa shape index (κ2) is 6.08. The van der Waals surface area contributed by atoms with Crippen molar-refractivity contribution in [2.75, 3.05) is 6.54 Å². The summed E-state index contributed by atoms with van der Waals surface area (Å²) in [5.74, 6) is 0.987. The first kappa shape index (κ1) is 14.4. The lowest BCUT2D eigenvalue weighted by Gasteiger charge is -2.27. The molecular formula is C18H20ClNO. The van der Waals surface area contributed by atoms with Crippen LogP contribution in [0.2, 0.25) is 5.02 Å². The second-order valence-corrected chi connectivity index (χ2v) is 6.23. The van der Waals surface area contributed by atoms with E-state index in [0.29, 0.717) is 6.04 Å². The molecule has 0 N–H and O–H groups in total. The Bertz CT molecular complexity index is 609. The van der Waals surface area contributed by atoms with Crippen molar-refractivity contribution < 1.29 is 4.74 Å². The van der Waals surface area contributed by atoms with Gasteiger partial charge in [0.1, 0.15) is 11.9 Å². The fourth-order valence-electron chi connectivity index (χ4n) is 2.68. The number of nitrogens with zero attached hydrogens (tertiary/aromatic N) is 1. The molecule has 0 bridgehead atoms. The van der Waals surface area contributed by atoms with Crippen LogP contribution < -0.4 is 4.74 Å². The van der Waals surface area contributed by atoms with Crippen molar-refractivity contribution in [2.24, 2.45) is 0 Å². The van der Waals surface area contributed by atoms with Gasteiger partial charge in [0, 0.05) is 29.7 Å². The first-order valence-electron chi connectivity index (χ1n) is 7.37. The zero-order valence-corrected chi connectivity index (χ0v) is 13.2. The van der Waals surface area contributed by atoms with Crippen molar-refractivity contribution in [1.29, 1.82) is 0 Å². The molecule has 0 aromatic heterocycles. The highest BCUT2D eigenvalue weighted by molar-refractivity contribution is 6.30. The molecule has 1 atom stereocenters. The van der Waals surface area contributed by atoms with E-state index in [2.05, 4.69) is 49.1 Å². The van der Waals surface area contributed by atoms with Crippen LogP contribution in [0.1, 0.15) is 31.1 Å². The van der Waals surface area contributed by atoms with E-state index >= 15 is 0 Å². The van der Waals surface area contributed by atoms with E-state index in [4.69, 9.17) is 16.3 Å². The van der Waals surface area contributed by atoms with Crippen LogP contribution in [0.3, 0.4) is 0 Å². The molecule has 0 fully saturated rings. The fraction of sp³-hybridized carbons (Fsp3) is 0.333. The SMILES string of the molecule is CC(C)N1Cc2ccccc2OC(c2ccc(Cl)cc2)C1. The van der Waals surface area contributed by atoms with E-state index < -0.39 is 0 Å². The summed E-state index contributed by atoms with van der Waals surface area (Å²) in [4.78, 5) is 2.45. The first-order valence-corrected chi connectivity index (χ1v) is 7.75. The van der Waals surface area contributed by atoms with Gasteiger partial charge in [-0.1, -0.05) is 41.9 Å². The van der Waals surface area contributed by atoms with Crippen LogP contribution in [0.4, 0.5) is 0 Å². The van der Waals surface area contributed by atoms with Crippen molar-refractivity contribution >= 4 is 11.6 Å². The van der Waals surface area contributed by atoms with Crippen LogP contribution in [0.5, 0.6) is 5.75 Å². The molecule has 3 rings (SSSR count). The molecule has 1 heterocycles. The molecule has 2 nitrogen and oxygen atoms in total. The summed E-state index contributed by atoms with van der Waals surface area (Å²) in [5, 5.41) is 0.758. The molecule has 1 unspecified atom stereocenters. The van der Waals surface area contributed by atoms with Gasteiger partial charge in [-0.3, -0.25) is 4.90 Å². The number of para-hydroxylation sites is 1. The third-order valence-corrected chi connectivity index (χ3v) is 4.24. The molecular weight excluding hydrogens is 282 g/mol. The molecule has 0 amide bonds. The van der Waals surface area contributed by atoms with Crippen LogP contribution in [-0.4, -0.2) is 17.5 Å². The molecule has 21 heavy (non-hydrogen) atoms. The maximum Gasteiger partial charge on any atom is 0.136 e. The first-order chi connectivity index (χ1) is 10.1. The summed E-state index contributed by atoms with van der Waals surface area (Å²) in [6.45, 7) is 6.27. The molecule has 0 saturated heterocycles. The van der Waals surface area contributed by atoms with Gasteiger partial charge >= 0.3 is 0 Å². The standard InChI is InChI=1S/C18H20ClNO/c1-13(2)20-11-15-5-3-4-6-17(15)21-18(12-20)14-7-9-16(19)10-8-14/h3-10,13,18H,11-12H2,1-2H3. The second-order valence-electron chi connectivity index (χ2n) is 5.79. The maximum atomic E-state index is 6.28. The van der Waals surface area contributed by atoms with Gasteiger partial charge in [-0.25, -0.2) is 0 Å². The Hall–Kier alpha value is -1.51. The zero-order valence-electron chi connectivity index (χ0n) is 12.4. The van der Waals surface area contributed by atoms with Gasteiger partial charge in [0.2, 0.25) is 0 Å². The van der Waals surface area contributed by atoms with Gasteiger partial charge in [0.25, 0.3) is 0 Å². The number of halogens is 1. The van der Waals surface area contributed by atoms with Crippen LogP contribution in [0.15, 0.2) is 48.5 Å². The van der Waals surface area contributed by atoms with Gasteiger partial charge in [-0.2, -0.15) is 0 Å². The van der Waals surface area contributed by atoms with E-state index in [0.717, 1.165) is 23.9 Å². The molecule has 110 valence electrons. The molecule has 2 aromatic rings. The number of rotatable bonds is 2. The van der Waals surface area contributed by atoms with E-state index in [1.165, 1.54) is 11.1 Å². The smallest absolute Gasteiger partial charge is 0.136 e.